The van der Waals surface area contributed by atoms with Crippen molar-refractivity contribution in [3.05, 3.63) is 23.9 Å². The first kappa shape index (κ1) is 12.3. The van der Waals surface area contributed by atoms with E-state index in [4.69, 9.17) is 4.74 Å². The Kier molecular flexibility index (Phi) is 4.34. The zero-order chi connectivity index (χ0) is 12.1. The minimum absolute atomic E-state index is 0.643. The van der Waals surface area contributed by atoms with E-state index >= 15 is 0 Å². The molecule has 4 heteroatoms. The molecule has 1 aliphatic rings. The summed E-state index contributed by atoms with van der Waals surface area (Å²) in [6.07, 6.45) is 3.07. The Morgan fingerprint density at radius 1 is 1.59 bits per heavy atom. The highest BCUT2D eigenvalue weighted by Crippen LogP contribution is 2.25. The van der Waals surface area contributed by atoms with E-state index in [9.17, 15) is 0 Å². The number of pyridine rings is 1. The van der Waals surface area contributed by atoms with Gasteiger partial charge in [0.25, 0.3) is 0 Å². The summed E-state index contributed by atoms with van der Waals surface area (Å²) >= 11 is 0. The molecule has 0 aliphatic carbocycles. The van der Waals surface area contributed by atoms with Crippen molar-refractivity contribution in [3.63, 3.8) is 0 Å². The molecule has 1 aliphatic heterocycles. The molecule has 0 saturated carbocycles. The molecule has 0 aromatic carbocycles. The van der Waals surface area contributed by atoms with Gasteiger partial charge in [-0.25, -0.2) is 4.98 Å². The van der Waals surface area contributed by atoms with Crippen LogP contribution in [0.2, 0.25) is 0 Å². The van der Waals surface area contributed by atoms with Crippen molar-refractivity contribution in [2.45, 2.75) is 13.0 Å². The third-order valence-electron chi connectivity index (χ3n) is 3.22. The number of methoxy groups -OCH3 is 1. The number of nitrogens with zero attached hydrogens (tertiary/aromatic N) is 2. The average molecular weight is 235 g/mol. The quantitative estimate of drug-likeness (QED) is 0.834. The second kappa shape index (κ2) is 5.98. The van der Waals surface area contributed by atoms with Crippen LogP contribution in [0.4, 0.5) is 5.82 Å². The van der Waals surface area contributed by atoms with Crippen LogP contribution >= 0.6 is 0 Å². The topological polar surface area (TPSA) is 37.4 Å². The number of nitrogens with one attached hydrogen (secondary N) is 1. The largest absolute Gasteiger partial charge is 0.384 e. The van der Waals surface area contributed by atoms with Gasteiger partial charge in [0, 0.05) is 44.4 Å². The molecule has 1 aromatic heterocycles. The van der Waals surface area contributed by atoms with Crippen LogP contribution in [0.1, 0.15) is 12.0 Å². The van der Waals surface area contributed by atoms with E-state index < -0.39 is 0 Å². The Bertz CT molecular complexity index is 356. The highest BCUT2D eigenvalue weighted by atomic mass is 16.5. The minimum atomic E-state index is 0.643. The fraction of sp³-hybridized carbons (Fsp3) is 0.615. The maximum Gasteiger partial charge on any atom is 0.133 e. The van der Waals surface area contributed by atoms with Gasteiger partial charge in [0.05, 0.1) is 6.61 Å². The van der Waals surface area contributed by atoms with E-state index in [0.29, 0.717) is 5.92 Å². The molecule has 17 heavy (non-hydrogen) atoms. The van der Waals surface area contributed by atoms with Gasteiger partial charge in [-0.2, -0.15) is 0 Å². The Morgan fingerprint density at radius 3 is 3.24 bits per heavy atom. The second-order valence-electron chi connectivity index (χ2n) is 4.57. The summed E-state index contributed by atoms with van der Waals surface area (Å²) in [7, 11) is 3.74. The van der Waals surface area contributed by atoms with Gasteiger partial charge < -0.3 is 15.0 Å². The maximum absolute atomic E-state index is 5.23. The van der Waals surface area contributed by atoms with Crippen molar-refractivity contribution < 1.29 is 4.74 Å². The molecule has 2 heterocycles. The summed E-state index contributed by atoms with van der Waals surface area (Å²) in [5, 5.41) is 3.19. The molecule has 0 amide bonds. The van der Waals surface area contributed by atoms with E-state index in [2.05, 4.69) is 21.3 Å². The molecular weight excluding hydrogens is 214 g/mol. The molecule has 94 valence electrons. The van der Waals surface area contributed by atoms with Gasteiger partial charge >= 0.3 is 0 Å². The highest BCUT2D eigenvalue weighted by Gasteiger charge is 2.24. The van der Waals surface area contributed by atoms with Gasteiger partial charge in [-0.15, -0.1) is 0 Å². The van der Waals surface area contributed by atoms with E-state index in [-0.39, 0.29) is 0 Å². The number of hydrogen-bond donors (Lipinski definition) is 1. The second-order valence-corrected chi connectivity index (χ2v) is 4.57. The van der Waals surface area contributed by atoms with Gasteiger partial charge in [-0.05, 0) is 19.5 Å². The van der Waals surface area contributed by atoms with E-state index in [0.717, 1.165) is 32.1 Å². The van der Waals surface area contributed by atoms with Crippen LogP contribution in [0.3, 0.4) is 0 Å². The Hall–Kier alpha value is -1.13. The Labute approximate surface area is 103 Å². The summed E-state index contributed by atoms with van der Waals surface area (Å²) in [6, 6.07) is 4.14. The number of ether oxygens (including phenoxy) is 1. The lowest BCUT2D eigenvalue weighted by molar-refractivity contribution is 0.161. The third kappa shape index (κ3) is 2.96. The average Bonchev–Trinajstić information content (AvgIpc) is 2.79. The molecule has 1 fully saturated rings. The molecule has 1 saturated heterocycles. The minimum Gasteiger partial charge on any atom is -0.384 e. The summed E-state index contributed by atoms with van der Waals surface area (Å²) in [4.78, 5) is 6.89. The highest BCUT2D eigenvalue weighted by molar-refractivity contribution is 5.47. The van der Waals surface area contributed by atoms with Crippen molar-refractivity contribution >= 4 is 5.82 Å². The fourth-order valence-corrected chi connectivity index (χ4v) is 2.44. The van der Waals surface area contributed by atoms with E-state index in [1.54, 1.807) is 7.11 Å². The summed E-state index contributed by atoms with van der Waals surface area (Å²) in [5.74, 6) is 1.77. The number of anilines is 1. The lowest BCUT2D eigenvalue weighted by Crippen LogP contribution is -2.24. The van der Waals surface area contributed by atoms with Crippen LogP contribution in [-0.2, 0) is 11.3 Å². The summed E-state index contributed by atoms with van der Waals surface area (Å²) in [6.45, 7) is 3.86. The number of aromatic nitrogens is 1. The zero-order valence-electron chi connectivity index (χ0n) is 10.6. The first-order valence-corrected chi connectivity index (χ1v) is 6.17. The lowest BCUT2D eigenvalue weighted by Gasteiger charge is -2.20. The summed E-state index contributed by atoms with van der Waals surface area (Å²) in [5.41, 5.74) is 1.27. The van der Waals surface area contributed by atoms with Crippen molar-refractivity contribution in [3.8, 4) is 0 Å². The van der Waals surface area contributed by atoms with Crippen LogP contribution < -0.4 is 10.2 Å². The van der Waals surface area contributed by atoms with Gasteiger partial charge in [-0.1, -0.05) is 6.07 Å². The molecule has 0 spiro atoms. The molecule has 1 atom stereocenters. The van der Waals surface area contributed by atoms with Crippen molar-refractivity contribution in [2.24, 2.45) is 5.92 Å². The van der Waals surface area contributed by atoms with Crippen LogP contribution in [-0.4, -0.2) is 38.8 Å². The molecule has 1 unspecified atom stereocenters. The predicted molar refractivity (Wildman–Crippen MR) is 69.2 cm³/mol. The van der Waals surface area contributed by atoms with Crippen molar-refractivity contribution in [2.75, 3.05) is 38.8 Å². The van der Waals surface area contributed by atoms with E-state index in [1.165, 1.54) is 12.0 Å². The van der Waals surface area contributed by atoms with Crippen LogP contribution in [0.5, 0.6) is 0 Å². The van der Waals surface area contributed by atoms with Crippen molar-refractivity contribution in [1.29, 1.82) is 0 Å². The zero-order valence-corrected chi connectivity index (χ0v) is 10.6. The first-order valence-electron chi connectivity index (χ1n) is 6.17. The Balaban J connectivity index is 2.07. The molecular formula is C13H21N3O. The van der Waals surface area contributed by atoms with Gasteiger partial charge in [-0.3, -0.25) is 0 Å². The molecule has 4 nitrogen and oxygen atoms in total. The van der Waals surface area contributed by atoms with Gasteiger partial charge in [0.2, 0.25) is 0 Å². The molecule has 0 radical (unpaired) electrons. The van der Waals surface area contributed by atoms with E-state index in [1.807, 2.05) is 19.3 Å². The Morgan fingerprint density at radius 2 is 2.47 bits per heavy atom. The van der Waals surface area contributed by atoms with Crippen molar-refractivity contribution in [1.82, 2.24) is 10.3 Å². The number of hydrogen-bond acceptors (Lipinski definition) is 4. The van der Waals surface area contributed by atoms with Gasteiger partial charge in [0.15, 0.2) is 0 Å². The standard InChI is InChI=1S/C13H21N3O/c1-14-8-12-4-3-6-15-13(12)16-7-5-11(9-16)10-17-2/h3-4,6,11,14H,5,7-10H2,1-2H3. The lowest BCUT2D eigenvalue weighted by atomic mass is 10.1. The summed E-state index contributed by atoms with van der Waals surface area (Å²) < 4.78 is 5.23. The third-order valence-corrected chi connectivity index (χ3v) is 3.22. The fourth-order valence-electron chi connectivity index (χ4n) is 2.44. The molecule has 0 bridgehead atoms. The molecule has 2 rings (SSSR count). The first-order chi connectivity index (χ1) is 8.35. The van der Waals surface area contributed by atoms with Crippen LogP contribution in [0.15, 0.2) is 18.3 Å². The molecule has 1 aromatic rings. The monoisotopic (exact) mass is 235 g/mol. The molecule has 1 N–H and O–H groups in total. The smallest absolute Gasteiger partial charge is 0.133 e. The predicted octanol–water partition coefficient (Wildman–Crippen LogP) is 1.27. The van der Waals surface area contributed by atoms with Crippen LogP contribution in [0, 0.1) is 5.92 Å². The maximum atomic E-state index is 5.23. The number of rotatable bonds is 5. The SMILES string of the molecule is CNCc1cccnc1N1CCC(COC)C1. The normalized spacial score (nSPS) is 19.9. The van der Waals surface area contributed by atoms with Gasteiger partial charge in [0.1, 0.15) is 5.82 Å². The van der Waals surface area contributed by atoms with Crippen LogP contribution in [0.25, 0.3) is 0 Å².